The number of anilines is 3. The highest BCUT2D eigenvalue weighted by atomic mass is 16.3. The van der Waals surface area contributed by atoms with Crippen LogP contribution in [0.15, 0.2) is 223 Å². The van der Waals surface area contributed by atoms with Crippen LogP contribution in [0.4, 0.5) is 17.1 Å². The Hall–Kier alpha value is -8.41. The minimum atomic E-state index is 0.829. The first kappa shape index (κ1) is 35.5. The van der Waals surface area contributed by atoms with Gasteiger partial charge in [-0.15, -0.1) is 0 Å². The molecule has 0 bridgehead atoms. The van der Waals surface area contributed by atoms with Crippen molar-refractivity contribution in [3.05, 3.63) is 219 Å². The van der Waals surface area contributed by atoms with Crippen molar-refractivity contribution in [2.75, 3.05) is 4.90 Å². The summed E-state index contributed by atoms with van der Waals surface area (Å²) in [5, 5.41) is 8.13. The number of hydrogen-bond donors (Lipinski definition) is 0. The minimum absolute atomic E-state index is 0.829. The molecule has 0 atom stereocenters. The maximum Gasteiger partial charge on any atom is 0.139 e. The molecule has 0 radical (unpaired) electrons. The number of hydrogen-bond acceptors (Lipinski definition) is 5. The zero-order valence-electron chi connectivity index (χ0n) is 33.5. The Morgan fingerprint density at radius 2 is 0.984 bits per heavy atom. The van der Waals surface area contributed by atoms with E-state index in [9.17, 15) is 0 Å². The summed E-state index contributed by atoms with van der Waals surface area (Å²) in [6.45, 7) is 0. The van der Waals surface area contributed by atoms with Gasteiger partial charge in [0.05, 0.1) is 16.9 Å². The summed E-state index contributed by atoms with van der Waals surface area (Å²) in [6, 6.07) is 70.7. The number of rotatable bonds is 7. The van der Waals surface area contributed by atoms with Crippen LogP contribution in [0.3, 0.4) is 0 Å². The molecule has 0 amide bonds. The molecular weight excluding hydrogens is 757 g/mol. The van der Waals surface area contributed by atoms with Gasteiger partial charge in [-0.25, -0.2) is 4.98 Å². The molecule has 0 saturated heterocycles. The molecule has 62 heavy (non-hydrogen) atoms. The van der Waals surface area contributed by atoms with Gasteiger partial charge in [-0.2, -0.15) is 0 Å². The number of furan rings is 1. The average Bonchev–Trinajstić information content (AvgIpc) is 3.72. The van der Waals surface area contributed by atoms with E-state index in [-0.39, 0.29) is 0 Å². The molecule has 12 aromatic rings. The maximum atomic E-state index is 6.21. The molecule has 0 saturated carbocycles. The number of nitrogens with zero attached hydrogens (tertiary/aromatic N) is 4. The molecule has 0 N–H and O–H groups in total. The van der Waals surface area contributed by atoms with Crippen LogP contribution in [0.5, 0.6) is 0 Å². The first-order chi connectivity index (χ1) is 30.7. The molecule has 0 aliphatic carbocycles. The minimum Gasteiger partial charge on any atom is -0.456 e. The fourth-order valence-electron chi connectivity index (χ4n) is 8.85. The van der Waals surface area contributed by atoms with E-state index >= 15 is 0 Å². The summed E-state index contributed by atoms with van der Waals surface area (Å²) in [6.07, 6.45) is 5.63. The van der Waals surface area contributed by atoms with Gasteiger partial charge in [0.1, 0.15) is 11.2 Å². The molecule has 12 rings (SSSR count). The van der Waals surface area contributed by atoms with E-state index in [1.165, 1.54) is 27.1 Å². The van der Waals surface area contributed by atoms with Gasteiger partial charge in [0.2, 0.25) is 0 Å². The molecule has 290 valence electrons. The smallest absolute Gasteiger partial charge is 0.139 e. The van der Waals surface area contributed by atoms with Crippen molar-refractivity contribution in [3.8, 4) is 44.8 Å². The zero-order valence-corrected chi connectivity index (χ0v) is 33.5. The molecule has 5 heteroatoms. The lowest BCUT2D eigenvalue weighted by Crippen LogP contribution is -2.09. The van der Waals surface area contributed by atoms with Crippen LogP contribution in [0.1, 0.15) is 0 Å². The van der Waals surface area contributed by atoms with Crippen LogP contribution < -0.4 is 4.90 Å². The molecular formula is C57H36N4O. The molecule has 4 heterocycles. The van der Waals surface area contributed by atoms with Crippen LogP contribution in [-0.4, -0.2) is 15.0 Å². The van der Waals surface area contributed by atoms with Crippen LogP contribution in [0.2, 0.25) is 0 Å². The molecule has 5 nitrogen and oxygen atoms in total. The van der Waals surface area contributed by atoms with Crippen molar-refractivity contribution in [1.29, 1.82) is 0 Å². The van der Waals surface area contributed by atoms with Gasteiger partial charge in [0.25, 0.3) is 0 Å². The number of aromatic nitrogens is 3. The van der Waals surface area contributed by atoms with Gasteiger partial charge in [-0.05, 0) is 104 Å². The normalized spacial score (nSPS) is 11.5. The topological polar surface area (TPSA) is 55.1 Å². The van der Waals surface area contributed by atoms with Gasteiger partial charge >= 0.3 is 0 Å². The number of para-hydroxylation sites is 1. The SMILES string of the molecule is c1ccc(-c2cc(-c3ccc(N(c4ccc(-c5ccc6ccc7ccccc7c6c5)cc4)c4ccc(-c5cc6oc7ccccc7c6cn5)cc4)cc3)nc3ccncc23)cc1. The van der Waals surface area contributed by atoms with Crippen molar-refractivity contribution in [1.82, 2.24) is 15.0 Å². The molecule has 0 aliphatic heterocycles. The fraction of sp³-hybridized carbons (Fsp3) is 0. The predicted octanol–water partition coefficient (Wildman–Crippen LogP) is 15.4. The van der Waals surface area contributed by atoms with Gasteiger partial charge in [-0.3, -0.25) is 9.97 Å². The van der Waals surface area contributed by atoms with Crippen molar-refractivity contribution in [2.45, 2.75) is 0 Å². The first-order valence-electron chi connectivity index (χ1n) is 20.8. The Morgan fingerprint density at radius 1 is 0.371 bits per heavy atom. The van der Waals surface area contributed by atoms with Gasteiger partial charge < -0.3 is 9.32 Å². The number of benzene rings is 8. The molecule has 4 aromatic heterocycles. The van der Waals surface area contributed by atoms with Gasteiger partial charge in [0.15, 0.2) is 0 Å². The van der Waals surface area contributed by atoms with Crippen molar-refractivity contribution in [2.24, 2.45) is 0 Å². The van der Waals surface area contributed by atoms with Crippen molar-refractivity contribution < 1.29 is 4.42 Å². The summed E-state index contributed by atoms with van der Waals surface area (Å²) in [5.74, 6) is 0. The van der Waals surface area contributed by atoms with Crippen LogP contribution in [0, 0.1) is 0 Å². The third-order valence-electron chi connectivity index (χ3n) is 12.0. The lowest BCUT2D eigenvalue weighted by atomic mass is 9.97. The molecule has 0 fully saturated rings. The van der Waals surface area contributed by atoms with E-state index in [0.717, 1.165) is 89.1 Å². The van der Waals surface area contributed by atoms with E-state index < -0.39 is 0 Å². The predicted molar refractivity (Wildman–Crippen MR) is 256 cm³/mol. The van der Waals surface area contributed by atoms with E-state index in [1.807, 2.05) is 48.8 Å². The molecule has 8 aromatic carbocycles. The van der Waals surface area contributed by atoms with Gasteiger partial charge in [0, 0.05) is 69.0 Å². The van der Waals surface area contributed by atoms with Crippen LogP contribution in [0.25, 0.3) is 99.2 Å². The summed E-state index contributed by atoms with van der Waals surface area (Å²) in [5.41, 5.74) is 14.1. The standard InChI is InChI=1S/C57H36N4O/c1-2-8-38(9-3-1)50-33-55(60-53-30-31-58-35-51(50)53)42-22-28-46(29-23-42)61(45-26-20-41(21-27-45)54-34-57-52(36-59-54)48-12-6-7-13-56(48)62-57)44-24-18-37(19-25-44)43-17-16-40-15-14-39-10-4-5-11-47(39)49(40)32-43/h1-36H. The Labute approximate surface area is 357 Å². The van der Waals surface area contributed by atoms with Crippen molar-refractivity contribution >= 4 is 71.4 Å². The maximum absolute atomic E-state index is 6.21. The lowest BCUT2D eigenvalue weighted by Gasteiger charge is -2.26. The molecule has 0 spiro atoms. The van der Waals surface area contributed by atoms with Crippen LogP contribution >= 0.6 is 0 Å². The Balaban J connectivity index is 0.930. The van der Waals surface area contributed by atoms with Gasteiger partial charge in [-0.1, -0.05) is 133 Å². The second kappa shape index (κ2) is 14.7. The van der Waals surface area contributed by atoms with Crippen molar-refractivity contribution in [3.63, 3.8) is 0 Å². The second-order valence-corrected chi connectivity index (χ2v) is 15.7. The Kier molecular flexibility index (Phi) is 8.42. The zero-order chi connectivity index (χ0) is 41.0. The summed E-state index contributed by atoms with van der Waals surface area (Å²) >= 11 is 0. The van der Waals surface area contributed by atoms with Crippen LogP contribution in [-0.2, 0) is 0 Å². The summed E-state index contributed by atoms with van der Waals surface area (Å²) < 4.78 is 6.21. The lowest BCUT2D eigenvalue weighted by molar-refractivity contribution is 0.668. The summed E-state index contributed by atoms with van der Waals surface area (Å²) in [4.78, 5) is 16.7. The number of fused-ring (bicyclic) bond motifs is 7. The number of pyridine rings is 3. The molecule has 0 aliphatic rings. The molecule has 0 unspecified atom stereocenters. The monoisotopic (exact) mass is 792 g/mol. The largest absolute Gasteiger partial charge is 0.456 e. The van der Waals surface area contributed by atoms with E-state index in [2.05, 4.69) is 174 Å². The highest BCUT2D eigenvalue weighted by Gasteiger charge is 2.17. The highest BCUT2D eigenvalue weighted by molar-refractivity contribution is 6.09. The fourth-order valence-corrected chi connectivity index (χ4v) is 8.85. The third kappa shape index (κ3) is 6.23. The van der Waals surface area contributed by atoms with E-state index in [0.29, 0.717) is 0 Å². The Bertz CT molecular complexity index is 3620. The van der Waals surface area contributed by atoms with E-state index in [1.54, 1.807) is 6.20 Å². The summed E-state index contributed by atoms with van der Waals surface area (Å²) in [7, 11) is 0. The Morgan fingerprint density at radius 3 is 1.74 bits per heavy atom. The van der Waals surface area contributed by atoms with E-state index in [4.69, 9.17) is 14.4 Å². The third-order valence-corrected chi connectivity index (χ3v) is 12.0. The first-order valence-corrected chi connectivity index (χ1v) is 20.8. The quantitative estimate of drug-likeness (QED) is 0.150. The highest BCUT2D eigenvalue weighted by Crippen LogP contribution is 2.40. The average molecular weight is 793 g/mol. The second-order valence-electron chi connectivity index (χ2n) is 15.7.